The molecule has 1 fully saturated rings. The van der Waals surface area contributed by atoms with Crippen LogP contribution in [0.4, 0.5) is 0 Å². The SMILES string of the molecule is CC(CNC(=O)C(Cc1cccnc1)c1ccccc1)N1CCCC1. The van der Waals surface area contributed by atoms with Gasteiger partial charge in [-0.1, -0.05) is 36.4 Å². The van der Waals surface area contributed by atoms with E-state index in [4.69, 9.17) is 0 Å². The molecule has 132 valence electrons. The summed E-state index contributed by atoms with van der Waals surface area (Å²) in [5.41, 5.74) is 2.14. The van der Waals surface area contributed by atoms with E-state index in [0.717, 1.165) is 24.2 Å². The summed E-state index contributed by atoms with van der Waals surface area (Å²) < 4.78 is 0. The van der Waals surface area contributed by atoms with E-state index in [2.05, 4.69) is 22.1 Å². The molecule has 4 nitrogen and oxygen atoms in total. The largest absolute Gasteiger partial charge is 0.354 e. The average molecular weight is 337 g/mol. The number of amides is 1. The molecular weight excluding hydrogens is 310 g/mol. The molecule has 1 aromatic carbocycles. The maximum atomic E-state index is 12.9. The number of aromatic nitrogens is 1. The number of hydrogen-bond donors (Lipinski definition) is 1. The second-order valence-electron chi connectivity index (χ2n) is 6.87. The Morgan fingerprint density at radius 1 is 1.16 bits per heavy atom. The summed E-state index contributed by atoms with van der Waals surface area (Å²) in [4.78, 5) is 19.6. The highest BCUT2D eigenvalue weighted by Gasteiger charge is 2.23. The topological polar surface area (TPSA) is 45.2 Å². The lowest BCUT2D eigenvalue weighted by molar-refractivity contribution is -0.122. The van der Waals surface area contributed by atoms with Crippen LogP contribution in [-0.4, -0.2) is 41.5 Å². The van der Waals surface area contributed by atoms with E-state index in [1.807, 2.05) is 48.7 Å². The molecule has 2 aromatic rings. The zero-order valence-corrected chi connectivity index (χ0v) is 14.9. The van der Waals surface area contributed by atoms with Crippen molar-refractivity contribution in [2.24, 2.45) is 0 Å². The van der Waals surface area contributed by atoms with Gasteiger partial charge in [0.05, 0.1) is 5.92 Å². The van der Waals surface area contributed by atoms with Gasteiger partial charge in [-0.05, 0) is 56.5 Å². The first-order chi connectivity index (χ1) is 12.2. The quantitative estimate of drug-likeness (QED) is 0.845. The van der Waals surface area contributed by atoms with Crippen LogP contribution < -0.4 is 5.32 Å². The van der Waals surface area contributed by atoms with Crippen LogP contribution in [0.15, 0.2) is 54.9 Å². The van der Waals surface area contributed by atoms with Crippen molar-refractivity contribution in [3.05, 3.63) is 66.0 Å². The molecule has 3 rings (SSSR count). The first kappa shape index (κ1) is 17.6. The smallest absolute Gasteiger partial charge is 0.227 e. The number of nitrogens with one attached hydrogen (secondary N) is 1. The molecule has 25 heavy (non-hydrogen) atoms. The molecule has 2 unspecified atom stereocenters. The highest BCUT2D eigenvalue weighted by Crippen LogP contribution is 2.21. The number of nitrogens with zero attached hydrogens (tertiary/aromatic N) is 2. The lowest BCUT2D eigenvalue weighted by Gasteiger charge is -2.25. The van der Waals surface area contributed by atoms with Crippen LogP contribution in [0.2, 0.25) is 0 Å². The molecule has 0 spiro atoms. The van der Waals surface area contributed by atoms with Crippen LogP contribution in [0, 0.1) is 0 Å². The Kier molecular flexibility index (Phi) is 6.18. The van der Waals surface area contributed by atoms with Crippen LogP contribution in [0.3, 0.4) is 0 Å². The minimum Gasteiger partial charge on any atom is -0.354 e. The minimum absolute atomic E-state index is 0.0982. The molecule has 1 aromatic heterocycles. The van der Waals surface area contributed by atoms with Crippen LogP contribution in [0.25, 0.3) is 0 Å². The van der Waals surface area contributed by atoms with Gasteiger partial charge in [0.25, 0.3) is 0 Å². The van der Waals surface area contributed by atoms with Crippen molar-refractivity contribution in [3.8, 4) is 0 Å². The van der Waals surface area contributed by atoms with Gasteiger partial charge >= 0.3 is 0 Å². The third kappa shape index (κ3) is 4.89. The molecule has 1 amide bonds. The third-order valence-corrected chi connectivity index (χ3v) is 5.02. The molecule has 0 radical (unpaired) electrons. The average Bonchev–Trinajstić information content (AvgIpc) is 3.20. The number of likely N-dealkylation sites (tertiary alicyclic amines) is 1. The number of carbonyl (C=O) groups excluding carboxylic acids is 1. The molecule has 0 saturated carbocycles. The Bertz CT molecular complexity index is 653. The Morgan fingerprint density at radius 2 is 1.92 bits per heavy atom. The summed E-state index contributed by atoms with van der Waals surface area (Å²) in [6, 6.07) is 14.4. The van der Waals surface area contributed by atoms with E-state index in [1.54, 1.807) is 6.20 Å². The highest BCUT2D eigenvalue weighted by molar-refractivity contribution is 5.84. The second kappa shape index (κ2) is 8.77. The fourth-order valence-electron chi connectivity index (χ4n) is 3.48. The predicted octanol–water partition coefficient (Wildman–Crippen LogP) is 3.01. The van der Waals surface area contributed by atoms with Crippen molar-refractivity contribution in [2.45, 2.75) is 38.1 Å². The fourth-order valence-corrected chi connectivity index (χ4v) is 3.48. The van der Waals surface area contributed by atoms with Crippen molar-refractivity contribution >= 4 is 5.91 Å². The zero-order chi connectivity index (χ0) is 17.5. The van der Waals surface area contributed by atoms with Crippen molar-refractivity contribution in [2.75, 3.05) is 19.6 Å². The van der Waals surface area contributed by atoms with Crippen LogP contribution in [0.1, 0.15) is 36.8 Å². The predicted molar refractivity (Wildman–Crippen MR) is 100 cm³/mol. The molecule has 0 aliphatic carbocycles. The highest BCUT2D eigenvalue weighted by atomic mass is 16.1. The van der Waals surface area contributed by atoms with Crippen molar-refractivity contribution in [3.63, 3.8) is 0 Å². The van der Waals surface area contributed by atoms with Crippen LogP contribution in [-0.2, 0) is 11.2 Å². The Labute approximate surface area is 150 Å². The zero-order valence-electron chi connectivity index (χ0n) is 14.9. The van der Waals surface area contributed by atoms with Gasteiger partial charge in [0.1, 0.15) is 0 Å². The van der Waals surface area contributed by atoms with Gasteiger partial charge in [-0.2, -0.15) is 0 Å². The first-order valence-electron chi connectivity index (χ1n) is 9.19. The van der Waals surface area contributed by atoms with E-state index >= 15 is 0 Å². The summed E-state index contributed by atoms with van der Waals surface area (Å²) in [5.74, 6) is -0.0859. The lowest BCUT2D eigenvalue weighted by Crippen LogP contribution is -2.42. The van der Waals surface area contributed by atoms with E-state index in [1.165, 1.54) is 12.8 Å². The fraction of sp³-hybridized carbons (Fsp3) is 0.429. The van der Waals surface area contributed by atoms with Crippen molar-refractivity contribution in [1.82, 2.24) is 15.2 Å². The van der Waals surface area contributed by atoms with Gasteiger partial charge in [0.15, 0.2) is 0 Å². The monoisotopic (exact) mass is 337 g/mol. The molecule has 2 heterocycles. The lowest BCUT2D eigenvalue weighted by atomic mass is 9.91. The standard InChI is InChI=1S/C21H27N3O/c1-17(24-12-5-6-13-24)15-23-21(25)20(19-9-3-2-4-10-19)14-18-8-7-11-22-16-18/h2-4,7-11,16-17,20H,5-6,12-15H2,1H3,(H,23,25). The van der Waals surface area contributed by atoms with Crippen LogP contribution >= 0.6 is 0 Å². The Morgan fingerprint density at radius 3 is 2.60 bits per heavy atom. The maximum Gasteiger partial charge on any atom is 0.227 e. The van der Waals surface area contributed by atoms with Gasteiger partial charge in [-0.3, -0.25) is 14.7 Å². The number of hydrogen-bond acceptors (Lipinski definition) is 3. The van der Waals surface area contributed by atoms with E-state index in [9.17, 15) is 4.79 Å². The molecule has 1 saturated heterocycles. The van der Waals surface area contributed by atoms with E-state index in [0.29, 0.717) is 19.0 Å². The molecule has 1 N–H and O–H groups in total. The summed E-state index contributed by atoms with van der Waals surface area (Å²) in [5, 5.41) is 3.18. The molecular formula is C21H27N3O. The molecule has 2 atom stereocenters. The summed E-state index contributed by atoms with van der Waals surface area (Å²) >= 11 is 0. The molecule has 4 heteroatoms. The van der Waals surface area contributed by atoms with Crippen molar-refractivity contribution in [1.29, 1.82) is 0 Å². The Hall–Kier alpha value is -2.20. The number of benzene rings is 1. The normalized spacial score (nSPS) is 17.2. The third-order valence-electron chi connectivity index (χ3n) is 5.02. The summed E-state index contributed by atoms with van der Waals surface area (Å²) in [7, 11) is 0. The van der Waals surface area contributed by atoms with Crippen molar-refractivity contribution < 1.29 is 4.79 Å². The number of pyridine rings is 1. The summed E-state index contributed by atoms with van der Waals surface area (Å²) in [6.07, 6.45) is 6.81. The number of rotatable bonds is 7. The molecule has 1 aliphatic rings. The van der Waals surface area contributed by atoms with E-state index < -0.39 is 0 Å². The number of carbonyl (C=O) groups is 1. The first-order valence-corrected chi connectivity index (χ1v) is 9.19. The van der Waals surface area contributed by atoms with Gasteiger partial charge in [-0.15, -0.1) is 0 Å². The van der Waals surface area contributed by atoms with E-state index in [-0.39, 0.29) is 11.8 Å². The van der Waals surface area contributed by atoms with Gasteiger partial charge in [0.2, 0.25) is 5.91 Å². The van der Waals surface area contributed by atoms with Gasteiger partial charge < -0.3 is 5.32 Å². The second-order valence-corrected chi connectivity index (χ2v) is 6.87. The Balaban J connectivity index is 1.66. The van der Waals surface area contributed by atoms with Gasteiger partial charge in [0, 0.05) is 25.0 Å². The summed E-state index contributed by atoms with van der Waals surface area (Å²) in [6.45, 7) is 5.20. The van der Waals surface area contributed by atoms with Gasteiger partial charge in [-0.25, -0.2) is 0 Å². The molecule has 0 bridgehead atoms. The van der Waals surface area contributed by atoms with Crippen LogP contribution in [0.5, 0.6) is 0 Å². The maximum absolute atomic E-state index is 12.9. The minimum atomic E-state index is -0.184. The molecule has 1 aliphatic heterocycles.